The van der Waals surface area contributed by atoms with Gasteiger partial charge < -0.3 is 5.32 Å². The fraction of sp³-hybridized carbons (Fsp3) is 0.667. The van der Waals surface area contributed by atoms with Gasteiger partial charge in [-0.05, 0) is 12.8 Å². The zero-order chi connectivity index (χ0) is 14.6. The van der Waals surface area contributed by atoms with Crippen molar-refractivity contribution in [2.24, 2.45) is 5.41 Å². The average Bonchev–Trinajstić information content (AvgIpc) is 2.34. The second-order valence-corrected chi connectivity index (χ2v) is 4.49. The van der Waals surface area contributed by atoms with E-state index in [2.05, 4.69) is 10.6 Å². The highest BCUT2D eigenvalue weighted by molar-refractivity contribution is 6.19. The van der Waals surface area contributed by atoms with E-state index in [1.165, 1.54) is 6.92 Å². The molecule has 0 aromatic heterocycles. The monoisotopic (exact) mass is 269 g/mol. The molecule has 0 aromatic rings. The van der Waals surface area contributed by atoms with Crippen LogP contribution in [0.2, 0.25) is 0 Å². The van der Waals surface area contributed by atoms with E-state index in [4.69, 9.17) is 0 Å². The minimum atomic E-state index is -1.18. The summed E-state index contributed by atoms with van der Waals surface area (Å²) >= 11 is 0. The summed E-state index contributed by atoms with van der Waals surface area (Å²) in [7, 11) is 0. The minimum absolute atomic E-state index is 0.0548. The Morgan fingerprint density at radius 3 is 2.32 bits per heavy atom. The molecule has 0 bridgehead atoms. The fourth-order valence-corrected chi connectivity index (χ4v) is 2.15. The lowest BCUT2D eigenvalue weighted by atomic mass is 9.78. The molecule has 7 nitrogen and oxygen atoms in total. The SMILES string of the molecule is CCC1(CC)C(=O)NC(=O)N(CCNC(C)=O)C1=O. The van der Waals surface area contributed by atoms with Gasteiger partial charge in [0, 0.05) is 20.0 Å². The molecule has 0 radical (unpaired) electrons. The minimum Gasteiger partial charge on any atom is -0.355 e. The van der Waals surface area contributed by atoms with Crippen molar-refractivity contribution in [1.82, 2.24) is 15.5 Å². The Bertz CT molecular complexity index is 415. The number of hydrogen-bond acceptors (Lipinski definition) is 4. The first-order valence-corrected chi connectivity index (χ1v) is 6.30. The third-order valence-corrected chi connectivity index (χ3v) is 3.47. The number of amides is 5. The molecule has 2 N–H and O–H groups in total. The third-order valence-electron chi connectivity index (χ3n) is 3.47. The molecule has 0 atom stereocenters. The highest BCUT2D eigenvalue weighted by Crippen LogP contribution is 2.32. The highest BCUT2D eigenvalue weighted by Gasteiger charge is 2.51. The molecule has 0 unspecified atom stereocenters. The summed E-state index contributed by atoms with van der Waals surface area (Å²) in [5.74, 6) is -1.27. The van der Waals surface area contributed by atoms with E-state index >= 15 is 0 Å². The van der Waals surface area contributed by atoms with Crippen LogP contribution < -0.4 is 10.6 Å². The largest absolute Gasteiger partial charge is 0.355 e. The van der Waals surface area contributed by atoms with Crippen LogP contribution in [0.15, 0.2) is 0 Å². The average molecular weight is 269 g/mol. The van der Waals surface area contributed by atoms with Gasteiger partial charge in [-0.2, -0.15) is 0 Å². The Morgan fingerprint density at radius 1 is 1.26 bits per heavy atom. The van der Waals surface area contributed by atoms with Crippen molar-refractivity contribution < 1.29 is 19.2 Å². The first kappa shape index (κ1) is 15.1. The van der Waals surface area contributed by atoms with Crippen molar-refractivity contribution in [2.75, 3.05) is 13.1 Å². The van der Waals surface area contributed by atoms with E-state index in [1.807, 2.05) is 0 Å². The van der Waals surface area contributed by atoms with E-state index in [1.54, 1.807) is 13.8 Å². The van der Waals surface area contributed by atoms with E-state index in [0.717, 1.165) is 4.90 Å². The van der Waals surface area contributed by atoms with Gasteiger partial charge in [0.2, 0.25) is 17.7 Å². The molecule has 1 aliphatic heterocycles. The molecular weight excluding hydrogens is 250 g/mol. The molecule has 1 aliphatic rings. The van der Waals surface area contributed by atoms with Crippen molar-refractivity contribution in [2.45, 2.75) is 33.6 Å². The summed E-state index contributed by atoms with van der Waals surface area (Å²) in [4.78, 5) is 47.6. The highest BCUT2D eigenvalue weighted by atomic mass is 16.2. The second kappa shape index (κ2) is 5.81. The quantitative estimate of drug-likeness (QED) is 0.687. The van der Waals surface area contributed by atoms with Gasteiger partial charge in [0.1, 0.15) is 5.41 Å². The molecule has 1 fully saturated rings. The Hall–Kier alpha value is -1.92. The molecule has 0 spiro atoms. The van der Waals surface area contributed by atoms with Crippen LogP contribution in [0, 0.1) is 5.41 Å². The predicted molar refractivity (Wildman–Crippen MR) is 67.0 cm³/mol. The number of nitrogens with one attached hydrogen (secondary N) is 2. The first-order valence-electron chi connectivity index (χ1n) is 6.30. The molecule has 0 aromatic carbocycles. The Kier molecular flexibility index (Phi) is 4.63. The molecule has 1 rings (SSSR count). The van der Waals surface area contributed by atoms with Gasteiger partial charge in [-0.25, -0.2) is 4.79 Å². The molecule has 1 heterocycles. The summed E-state index contributed by atoms with van der Waals surface area (Å²) in [6.45, 7) is 5.06. The maximum atomic E-state index is 12.3. The third kappa shape index (κ3) is 2.74. The van der Waals surface area contributed by atoms with Crippen LogP contribution in [0.25, 0.3) is 0 Å². The normalized spacial score (nSPS) is 18.3. The van der Waals surface area contributed by atoms with Crippen LogP contribution in [0.4, 0.5) is 4.79 Å². The summed E-state index contributed by atoms with van der Waals surface area (Å²) < 4.78 is 0. The van der Waals surface area contributed by atoms with E-state index in [-0.39, 0.29) is 19.0 Å². The summed E-state index contributed by atoms with van der Waals surface area (Å²) in [5, 5.41) is 4.72. The van der Waals surface area contributed by atoms with Gasteiger partial charge in [-0.3, -0.25) is 24.6 Å². The topological polar surface area (TPSA) is 95.6 Å². The summed E-state index contributed by atoms with van der Waals surface area (Å²) in [5.41, 5.74) is -1.18. The van der Waals surface area contributed by atoms with Crippen molar-refractivity contribution in [3.05, 3.63) is 0 Å². The summed E-state index contributed by atoms with van der Waals surface area (Å²) in [6.07, 6.45) is 0.663. The number of hydrogen-bond donors (Lipinski definition) is 2. The van der Waals surface area contributed by atoms with Crippen LogP contribution in [0.1, 0.15) is 33.6 Å². The van der Waals surface area contributed by atoms with Crippen molar-refractivity contribution in [3.63, 3.8) is 0 Å². The number of imide groups is 2. The van der Waals surface area contributed by atoms with Gasteiger partial charge >= 0.3 is 6.03 Å². The molecule has 7 heteroatoms. The van der Waals surface area contributed by atoms with Gasteiger partial charge in [-0.1, -0.05) is 13.8 Å². The number of carbonyl (C=O) groups is 4. The molecule has 0 saturated carbocycles. The Morgan fingerprint density at radius 2 is 1.84 bits per heavy atom. The van der Waals surface area contributed by atoms with Gasteiger partial charge in [0.05, 0.1) is 0 Å². The van der Waals surface area contributed by atoms with Crippen LogP contribution in [0.3, 0.4) is 0 Å². The first-order chi connectivity index (χ1) is 8.89. The number of carbonyl (C=O) groups excluding carboxylic acids is 4. The molecule has 0 aliphatic carbocycles. The molecule has 106 valence electrons. The smallest absolute Gasteiger partial charge is 0.330 e. The van der Waals surface area contributed by atoms with Gasteiger partial charge in [-0.15, -0.1) is 0 Å². The molecular formula is C12H19N3O4. The predicted octanol–water partition coefficient (Wildman–Crippen LogP) is 0.00730. The van der Waals surface area contributed by atoms with Crippen LogP contribution in [-0.2, 0) is 14.4 Å². The van der Waals surface area contributed by atoms with Gasteiger partial charge in [0.25, 0.3) is 0 Å². The van der Waals surface area contributed by atoms with Crippen LogP contribution in [0.5, 0.6) is 0 Å². The van der Waals surface area contributed by atoms with E-state index in [0.29, 0.717) is 12.8 Å². The van der Waals surface area contributed by atoms with Crippen molar-refractivity contribution in [1.29, 1.82) is 0 Å². The van der Waals surface area contributed by atoms with Gasteiger partial charge in [0.15, 0.2) is 0 Å². The maximum Gasteiger partial charge on any atom is 0.330 e. The Balaban J connectivity index is 2.86. The molecule has 1 saturated heterocycles. The van der Waals surface area contributed by atoms with Crippen LogP contribution >= 0.6 is 0 Å². The lowest BCUT2D eigenvalue weighted by Gasteiger charge is -2.38. The lowest BCUT2D eigenvalue weighted by Crippen LogP contribution is -2.64. The van der Waals surface area contributed by atoms with Crippen molar-refractivity contribution in [3.8, 4) is 0 Å². The lowest BCUT2D eigenvalue weighted by molar-refractivity contribution is -0.152. The number of urea groups is 1. The van der Waals surface area contributed by atoms with Crippen molar-refractivity contribution >= 4 is 23.8 Å². The zero-order valence-corrected chi connectivity index (χ0v) is 11.4. The van der Waals surface area contributed by atoms with E-state index in [9.17, 15) is 19.2 Å². The zero-order valence-electron chi connectivity index (χ0n) is 11.4. The Labute approximate surface area is 111 Å². The fourth-order valence-electron chi connectivity index (χ4n) is 2.15. The number of nitrogens with zero attached hydrogens (tertiary/aromatic N) is 1. The standard InChI is InChI=1S/C12H19N3O4/c1-4-12(5-2)9(17)14-11(19)15(10(12)18)7-6-13-8(3)16/h4-7H2,1-3H3,(H,13,16)(H,14,17,19). The molecule has 19 heavy (non-hydrogen) atoms. The molecule has 5 amide bonds. The summed E-state index contributed by atoms with van der Waals surface area (Å²) in [6, 6.07) is -0.724. The van der Waals surface area contributed by atoms with Crippen LogP contribution in [-0.4, -0.2) is 41.7 Å². The van der Waals surface area contributed by atoms with E-state index < -0.39 is 23.3 Å². The number of barbiturate groups is 1. The number of rotatable bonds is 5. The second-order valence-electron chi connectivity index (χ2n) is 4.49. The maximum absolute atomic E-state index is 12.3.